The molecule has 96 valence electrons. The monoisotopic (exact) mass is 237 g/mol. The third kappa shape index (κ3) is 2.80. The summed E-state index contributed by atoms with van der Waals surface area (Å²) < 4.78 is 0. The third-order valence-corrected chi connectivity index (χ3v) is 4.31. The molecule has 2 aliphatic carbocycles. The molecule has 0 spiro atoms. The average molecular weight is 237 g/mol. The molecule has 0 aromatic heterocycles. The fourth-order valence-electron chi connectivity index (χ4n) is 2.75. The SMILES string of the molecule is CN(C(=O)CNC1CCN(C2CC2)C1)C1CC1. The summed E-state index contributed by atoms with van der Waals surface area (Å²) in [5.74, 6) is 0.261. The number of rotatable bonds is 5. The number of hydrogen-bond acceptors (Lipinski definition) is 3. The zero-order valence-electron chi connectivity index (χ0n) is 10.7. The molecule has 1 N–H and O–H groups in total. The van der Waals surface area contributed by atoms with Crippen LogP contribution in [0.2, 0.25) is 0 Å². The zero-order chi connectivity index (χ0) is 11.8. The minimum absolute atomic E-state index is 0.261. The van der Waals surface area contributed by atoms with E-state index in [4.69, 9.17) is 0 Å². The molecule has 0 radical (unpaired) electrons. The highest BCUT2D eigenvalue weighted by Crippen LogP contribution is 2.29. The summed E-state index contributed by atoms with van der Waals surface area (Å²) in [5.41, 5.74) is 0. The number of carbonyl (C=O) groups is 1. The van der Waals surface area contributed by atoms with E-state index in [0.29, 0.717) is 18.6 Å². The first-order chi connectivity index (χ1) is 8.24. The molecule has 4 heteroatoms. The van der Waals surface area contributed by atoms with Crippen molar-refractivity contribution in [2.24, 2.45) is 0 Å². The second-order valence-corrected chi connectivity index (χ2v) is 5.83. The van der Waals surface area contributed by atoms with E-state index >= 15 is 0 Å². The molecule has 3 rings (SSSR count). The Kier molecular flexibility index (Phi) is 3.09. The Hall–Kier alpha value is -0.610. The third-order valence-electron chi connectivity index (χ3n) is 4.31. The molecule has 1 atom stereocenters. The van der Waals surface area contributed by atoms with Crippen molar-refractivity contribution in [1.29, 1.82) is 0 Å². The maximum Gasteiger partial charge on any atom is 0.236 e. The van der Waals surface area contributed by atoms with Crippen LogP contribution in [0, 0.1) is 0 Å². The second kappa shape index (κ2) is 4.58. The van der Waals surface area contributed by atoms with E-state index in [9.17, 15) is 4.79 Å². The van der Waals surface area contributed by atoms with Crippen LogP contribution in [0.5, 0.6) is 0 Å². The van der Waals surface area contributed by atoms with Crippen LogP contribution in [0.25, 0.3) is 0 Å². The van der Waals surface area contributed by atoms with Gasteiger partial charge in [0.15, 0.2) is 0 Å². The van der Waals surface area contributed by atoms with Gasteiger partial charge in [0.25, 0.3) is 0 Å². The zero-order valence-corrected chi connectivity index (χ0v) is 10.7. The molecule has 1 heterocycles. The fraction of sp³-hybridized carbons (Fsp3) is 0.923. The van der Waals surface area contributed by atoms with Gasteiger partial charge in [-0.05, 0) is 32.1 Å². The lowest BCUT2D eigenvalue weighted by Gasteiger charge is -2.19. The molecule has 1 aliphatic heterocycles. The van der Waals surface area contributed by atoms with Gasteiger partial charge in [0.2, 0.25) is 5.91 Å². The first-order valence-corrected chi connectivity index (χ1v) is 6.97. The lowest BCUT2D eigenvalue weighted by atomic mass is 10.2. The van der Waals surface area contributed by atoms with Crippen molar-refractivity contribution in [1.82, 2.24) is 15.1 Å². The average Bonchev–Trinajstić information content (AvgIpc) is 3.23. The van der Waals surface area contributed by atoms with Crippen molar-refractivity contribution in [3.05, 3.63) is 0 Å². The van der Waals surface area contributed by atoms with Crippen molar-refractivity contribution < 1.29 is 4.79 Å². The van der Waals surface area contributed by atoms with Crippen LogP contribution in [0.3, 0.4) is 0 Å². The Morgan fingerprint density at radius 3 is 2.71 bits per heavy atom. The van der Waals surface area contributed by atoms with E-state index in [-0.39, 0.29) is 5.91 Å². The summed E-state index contributed by atoms with van der Waals surface area (Å²) in [7, 11) is 1.94. The van der Waals surface area contributed by atoms with Gasteiger partial charge < -0.3 is 10.2 Å². The first-order valence-electron chi connectivity index (χ1n) is 6.97. The molecular formula is C13H23N3O. The number of likely N-dealkylation sites (tertiary alicyclic amines) is 1. The number of carbonyl (C=O) groups excluding carboxylic acids is 1. The summed E-state index contributed by atoms with van der Waals surface area (Å²) in [6, 6.07) is 1.94. The van der Waals surface area contributed by atoms with E-state index in [1.54, 1.807) is 0 Å². The number of nitrogens with zero attached hydrogens (tertiary/aromatic N) is 2. The lowest BCUT2D eigenvalue weighted by Crippen LogP contribution is -2.42. The quantitative estimate of drug-likeness (QED) is 0.753. The maximum absolute atomic E-state index is 11.9. The van der Waals surface area contributed by atoms with E-state index in [0.717, 1.165) is 12.6 Å². The summed E-state index contributed by atoms with van der Waals surface area (Å²) in [5, 5.41) is 3.42. The number of amides is 1. The van der Waals surface area contributed by atoms with Gasteiger partial charge in [0.1, 0.15) is 0 Å². The van der Waals surface area contributed by atoms with Crippen LogP contribution in [-0.2, 0) is 4.79 Å². The van der Waals surface area contributed by atoms with Crippen LogP contribution in [-0.4, -0.2) is 60.5 Å². The first kappa shape index (κ1) is 11.5. The van der Waals surface area contributed by atoms with Crippen LogP contribution >= 0.6 is 0 Å². The molecule has 0 aromatic carbocycles. The summed E-state index contributed by atoms with van der Waals surface area (Å²) in [6.07, 6.45) is 6.37. The van der Waals surface area contributed by atoms with Gasteiger partial charge in [-0.1, -0.05) is 0 Å². The van der Waals surface area contributed by atoms with Crippen LogP contribution in [0.15, 0.2) is 0 Å². The van der Waals surface area contributed by atoms with Crippen molar-refractivity contribution in [3.63, 3.8) is 0 Å². The topological polar surface area (TPSA) is 35.6 Å². The molecular weight excluding hydrogens is 214 g/mol. The van der Waals surface area contributed by atoms with Crippen molar-refractivity contribution in [2.75, 3.05) is 26.7 Å². The van der Waals surface area contributed by atoms with Gasteiger partial charge in [0, 0.05) is 38.3 Å². The van der Waals surface area contributed by atoms with Gasteiger partial charge in [-0.2, -0.15) is 0 Å². The van der Waals surface area contributed by atoms with Gasteiger partial charge in [0.05, 0.1) is 6.54 Å². The highest BCUT2D eigenvalue weighted by Gasteiger charge is 2.35. The fourth-order valence-corrected chi connectivity index (χ4v) is 2.75. The van der Waals surface area contributed by atoms with E-state index in [1.165, 1.54) is 38.6 Å². The maximum atomic E-state index is 11.9. The predicted octanol–water partition coefficient (Wildman–Crippen LogP) is 0.434. The number of nitrogens with one attached hydrogen (secondary N) is 1. The highest BCUT2D eigenvalue weighted by molar-refractivity contribution is 5.78. The molecule has 1 amide bonds. The van der Waals surface area contributed by atoms with Crippen LogP contribution in [0.1, 0.15) is 32.1 Å². The largest absolute Gasteiger partial charge is 0.342 e. The Morgan fingerprint density at radius 2 is 2.06 bits per heavy atom. The molecule has 1 unspecified atom stereocenters. The Bertz CT molecular complexity index is 299. The van der Waals surface area contributed by atoms with E-state index in [1.807, 2.05) is 11.9 Å². The highest BCUT2D eigenvalue weighted by atomic mass is 16.2. The van der Waals surface area contributed by atoms with Crippen molar-refractivity contribution in [3.8, 4) is 0 Å². The second-order valence-electron chi connectivity index (χ2n) is 5.83. The van der Waals surface area contributed by atoms with Crippen LogP contribution in [0.4, 0.5) is 0 Å². The smallest absolute Gasteiger partial charge is 0.236 e. The standard InChI is InChI=1S/C13H23N3O/c1-15(11-2-3-11)13(17)8-14-10-6-7-16(9-10)12-4-5-12/h10-12,14H,2-9H2,1H3. The molecule has 3 fully saturated rings. The minimum atomic E-state index is 0.261. The Labute approximate surface area is 103 Å². The summed E-state index contributed by atoms with van der Waals surface area (Å²) in [6.45, 7) is 2.89. The van der Waals surface area contributed by atoms with Gasteiger partial charge in [-0.3, -0.25) is 9.69 Å². The number of likely N-dealkylation sites (N-methyl/N-ethyl adjacent to an activating group) is 1. The molecule has 0 bridgehead atoms. The molecule has 2 saturated carbocycles. The van der Waals surface area contributed by atoms with E-state index < -0.39 is 0 Å². The van der Waals surface area contributed by atoms with Gasteiger partial charge in [-0.25, -0.2) is 0 Å². The molecule has 4 nitrogen and oxygen atoms in total. The number of hydrogen-bond donors (Lipinski definition) is 1. The predicted molar refractivity (Wildman–Crippen MR) is 66.8 cm³/mol. The Morgan fingerprint density at radius 1 is 1.29 bits per heavy atom. The van der Waals surface area contributed by atoms with Gasteiger partial charge in [-0.15, -0.1) is 0 Å². The van der Waals surface area contributed by atoms with Crippen LogP contribution < -0.4 is 5.32 Å². The summed E-state index contributed by atoms with van der Waals surface area (Å²) in [4.78, 5) is 16.4. The molecule has 0 aromatic rings. The Balaban J connectivity index is 1.37. The molecule has 17 heavy (non-hydrogen) atoms. The van der Waals surface area contributed by atoms with E-state index in [2.05, 4.69) is 10.2 Å². The lowest BCUT2D eigenvalue weighted by molar-refractivity contribution is -0.129. The van der Waals surface area contributed by atoms with Gasteiger partial charge >= 0.3 is 0 Å². The molecule has 1 saturated heterocycles. The van der Waals surface area contributed by atoms with Crippen molar-refractivity contribution >= 4 is 5.91 Å². The summed E-state index contributed by atoms with van der Waals surface area (Å²) >= 11 is 0. The molecule has 3 aliphatic rings. The van der Waals surface area contributed by atoms with Crippen molar-refractivity contribution in [2.45, 2.75) is 50.2 Å². The minimum Gasteiger partial charge on any atom is -0.342 e. The normalized spacial score (nSPS) is 29.6.